The van der Waals surface area contributed by atoms with Crippen LogP contribution in [-0.2, 0) is 0 Å². The lowest BCUT2D eigenvalue weighted by atomic mass is 9.75. The van der Waals surface area contributed by atoms with Crippen molar-refractivity contribution in [3.63, 3.8) is 0 Å². The standard InChI is InChI=1S/C12H21N5/c1-9-7-14-11(13)16-10(9)15-8-12(17(2)3)5-4-6-12/h7H,4-6,8H2,1-3H3,(H3,13,14,15,16). The van der Waals surface area contributed by atoms with Crippen molar-refractivity contribution in [2.45, 2.75) is 31.7 Å². The molecule has 0 spiro atoms. The first kappa shape index (κ1) is 12.1. The first-order chi connectivity index (χ1) is 8.03. The van der Waals surface area contributed by atoms with Crippen molar-refractivity contribution < 1.29 is 0 Å². The lowest BCUT2D eigenvalue weighted by Crippen LogP contribution is -2.54. The molecule has 5 heteroatoms. The molecule has 1 heterocycles. The second-order valence-corrected chi connectivity index (χ2v) is 5.09. The molecule has 0 bridgehead atoms. The van der Waals surface area contributed by atoms with E-state index in [9.17, 15) is 0 Å². The highest BCUT2D eigenvalue weighted by molar-refractivity contribution is 5.45. The van der Waals surface area contributed by atoms with Crippen molar-refractivity contribution in [3.05, 3.63) is 11.8 Å². The van der Waals surface area contributed by atoms with E-state index in [0.29, 0.717) is 5.95 Å². The van der Waals surface area contributed by atoms with E-state index in [0.717, 1.165) is 17.9 Å². The van der Waals surface area contributed by atoms with E-state index in [2.05, 4.69) is 34.3 Å². The van der Waals surface area contributed by atoms with E-state index in [1.807, 2.05) is 6.92 Å². The zero-order valence-corrected chi connectivity index (χ0v) is 10.8. The maximum Gasteiger partial charge on any atom is 0.221 e. The quantitative estimate of drug-likeness (QED) is 0.822. The molecule has 5 nitrogen and oxygen atoms in total. The summed E-state index contributed by atoms with van der Waals surface area (Å²) in [4.78, 5) is 10.5. The van der Waals surface area contributed by atoms with Crippen LogP contribution in [0.3, 0.4) is 0 Å². The zero-order chi connectivity index (χ0) is 12.5. The van der Waals surface area contributed by atoms with Gasteiger partial charge in [-0.05, 0) is 40.3 Å². The Balaban J connectivity index is 2.04. The largest absolute Gasteiger partial charge is 0.368 e. The molecule has 2 rings (SSSR count). The summed E-state index contributed by atoms with van der Waals surface area (Å²) in [5.41, 5.74) is 6.92. The predicted molar refractivity (Wildman–Crippen MR) is 69.9 cm³/mol. The highest BCUT2D eigenvalue weighted by atomic mass is 15.2. The van der Waals surface area contributed by atoms with Crippen LogP contribution in [0.25, 0.3) is 0 Å². The van der Waals surface area contributed by atoms with E-state index >= 15 is 0 Å². The molecular formula is C12H21N5. The van der Waals surface area contributed by atoms with Crippen molar-refractivity contribution in [1.29, 1.82) is 0 Å². The van der Waals surface area contributed by atoms with Crippen molar-refractivity contribution in [1.82, 2.24) is 14.9 Å². The van der Waals surface area contributed by atoms with E-state index < -0.39 is 0 Å². The third-order valence-electron chi connectivity index (χ3n) is 3.81. The Hall–Kier alpha value is -1.36. The summed E-state index contributed by atoms with van der Waals surface area (Å²) < 4.78 is 0. The Bertz CT molecular complexity index is 398. The van der Waals surface area contributed by atoms with E-state index in [4.69, 9.17) is 5.73 Å². The number of nitrogen functional groups attached to an aromatic ring is 1. The van der Waals surface area contributed by atoms with Crippen LogP contribution in [0.4, 0.5) is 11.8 Å². The van der Waals surface area contributed by atoms with Gasteiger partial charge in [-0.15, -0.1) is 0 Å². The SMILES string of the molecule is Cc1cnc(N)nc1NCC1(N(C)C)CCC1. The molecule has 17 heavy (non-hydrogen) atoms. The Morgan fingerprint density at radius 3 is 2.71 bits per heavy atom. The molecule has 0 aliphatic heterocycles. The van der Waals surface area contributed by atoms with Crippen LogP contribution in [0.1, 0.15) is 24.8 Å². The van der Waals surface area contributed by atoms with E-state index in [1.165, 1.54) is 19.3 Å². The number of nitrogens with two attached hydrogens (primary N) is 1. The lowest BCUT2D eigenvalue weighted by Gasteiger charge is -2.47. The average Bonchev–Trinajstić information content (AvgIpc) is 2.21. The first-order valence-electron chi connectivity index (χ1n) is 6.04. The summed E-state index contributed by atoms with van der Waals surface area (Å²) in [6, 6.07) is 0. The molecule has 0 amide bonds. The molecule has 94 valence electrons. The van der Waals surface area contributed by atoms with Crippen molar-refractivity contribution in [2.75, 3.05) is 31.7 Å². The molecule has 0 radical (unpaired) electrons. The van der Waals surface area contributed by atoms with Gasteiger partial charge in [-0.2, -0.15) is 4.98 Å². The fraction of sp³-hybridized carbons (Fsp3) is 0.667. The molecule has 1 aliphatic rings. The number of aryl methyl sites for hydroxylation is 1. The van der Waals surface area contributed by atoms with Gasteiger partial charge in [0.25, 0.3) is 0 Å². The summed E-state index contributed by atoms with van der Waals surface area (Å²) >= 11 is 0. The number of anilines is 2. The number of nitrogens with zero attached hydrogens (tertiary/aromatic N) is 3. The van der Waals surface area contributed by atoms with Gasteiger partial charge in [0.2, 0.25) is 5.95 Å². The van der Waals surface area contributed by atoms with Gasteiger partial charge >= 0.3 is 0 Å². The second-order valence-electron chi connectivity index (χ2n) is 5.09. The Kier molecular flexibility index (Phi) is 3.19. The highest BCUT2D eigenvalue weighted by Gasteiger charge is 2.38. The van der Waals surface area contributed by atoms with Gasteiger partial charge in [-0.3, -0.25) is 0 Å². The summed E-state index contributed by atoms with van der Waals surface area (Å²) in [7, 11) is 4.28. The maximum absolute atomic E-state index is 5.60. The zero-order valence-electron chi connectivity index (χ0n) is 10.8. The number of hydrogen-bond donors (Lipinski definition) is 2. The number of hydrogen-bond acceptors (Lipinski definition) is 5. The number of rotatable bonds is 4. The van der Waals surface area contributed by atoms with Crippen LogP contribution in [0, 0.1) is 6.92 Å². The van der Waals surface area contributed by atoms with E-state index in [-0.39, 0.29) is 5.54 Å². The third kappa shape index (κ3) is 2.34. The van der Waals surface area contributed by atoms with Crippen LogP contribution in [0.5, 0.6) is 0 Å². The first-order valence-corrected chi connectivity index (χ1v) is 6.04. The molecule has 0 saturated heterocycles. The highest BCUT2D eigenvalue weighted by Crippen LogP contribution is 2.36. The van der Waals surface area contributed by atoms with Crippen molar-refractivity contribution >= 4 is 11.8 Å². The Morgan fingerprint density at radius 2 is 2.18 bits per heavy atom. The van der Waals surface area contributed by atoms with Crippen LogP contribution in [0.2, 0.25) is 0 Å². The normalized spacial score (nSPS) is 17.9. The monoisotopic (exact) mass is 235 g/mol. The molecule has 0 unspecified atom stereocenters. The van der Waals surface area contributed by atoms with Gasteiger partial charge in [-0.1, -0.05) is 0 Å². The predicted octanol–water partition coefficient (Wildman–Crippen LogP) is 1.26. The van der Waals surface area contributed by atoms with Crippen LogP contribution in [-0.4, -0.2) is 41.0 Å². The molecular weight excluding hydrogens is 214 g/mol. The van der Waals surface area contributed by atoms with Crippen LogP contribution >= 0.6 is 0 Å². The molecule has 1 fully saturated rings. The summed E-state index contributed by atoms with van der Waals surface area (Å²) in [5.74, 6) is 1.18. The minimum atomic E-state index is 0.284. The van der Waals surface area contributed by atoms with Crippen molar-refractivity contribution in [2.24, 2.45) is 0 Å². The lowest BCUT2D eigenvalue weighted by molar-refractivity contribution is 0.0738. The summed E-state index contributed by atoms with van der Waals surface area (Å²) in [5, 5.41) is 3.41. The molecule has 1 aromatic heterocycles. The Labute approximate surface area is 102 Å². The van der Waals surface area contributed by atoms with Gasteiger partial charge in [0.15, 0.2) is 0 Å². The number of aromatic nitrogens is 2. The molecule has 1 saturated carbocycles. The van der Waals surface area contributed by atoms with E-state index in [1.54, 1.807) is 6.20 Å². The number of nitrogens with one attached hydrogen (secondary N) is 1. The topological polar surface area (TPSA) is 67.1 Å². The van der Waals surface area contributed by atoms with Crippen molar-refractivity contribution in [3.8, 4) is 0 Å². The molecule has 1 aromatic rings. The van der Waals surface area contributed by atoms with Gasteiger partial charge in [0, 0.05) is 23.8 Å². The fourth-order valence-corrected chi connectivity index (χ4v) is 2.25. The molecule has 0 aromatic carbocycles. The Morgan fingerprint density at radius 1 is 1.47 bits per heavy atom. The molecule has 1 aliphatic carbocycles. The van der Waals surface area contributed by atoms with Gasteiger partial charge in [-0.25, -0.2) is 4.98 Å². The fourth-order valence-electron chi connectivity index (χ4n) is 2.25. The minimum absolute atomic E-state index is 0.284. The van der Waals surface area contributed by atoms with Crippen LogP contribution < -0.4 is 11.1 Å². The average molecular weight is 235 g/mol. The number of likely N-dealkylation sites (N-methyl/N-ethyl adjacent to an activating group) is 1. The summed E-state index contributed by atoms with van der Waals surface area (Å²) in [6.07, 6.45) is 5.55. The third-order valence-corrected chi connectivity index (χ3v) is 3.81. The second kappa shape index (κ2) is 4.49. The maximum atomic E-state index is 5.60. The molecule has 0 atom stereocenters. The molecule has 3 N–H and O–H groups in total. The van der Waals surface area contributed by atoms with Gasteiger partial charge < -0.3 is 16.0 Å². The minimum Gasteiger partial charge on any atom is -0.368 e. The smallest absolute Gasteiger partial charge is 0.221 e. The van der Waals surface area contributed by atoms with Crippen LogP contribution in [0.15, 0.2) is 6.20 Å². The van der Waals surface area contributed by atoms with Gasteiger partial charge in [0.1, 0.15) is 5.82 Å². The summed E-state index contributed by atoms with van der Waals surface area (Å²) in [6.45, 7) is 2.90. The van der Waals surface area contributed by atoms with Gasteiger partial charge in [0.05, 0.1) is 0 Å².